The molecule has 1 aliphatic carbocycles. The highest BCUT2D eigenvalue weighted by molar-refractivity contribution is 9.10. The SMILES string of the molecule is COc1cc(C2C3=C(CCCC3=O)Nc3nc(SCc4ccccc4Cl)nn32)cc(Br)c1OCc1ccc(C(C)(C)C)cc1. The number of Topliss-reactive ketones (excluding diaryl/α,β-unsaturated/α-hetero) is 1. The molecule has 44 heavy (non-hydrogen) atoms. The molecule has 0 saturated heterocycles. The third-order valence-corrected chi connectivity index (χ3v) is 9.78. The fourth-order valence-electron chi connectivity index (χ4n) is 5.56. The Morgan fingerprint density at radius 2 is 1.89 bits per heavy atom. The first-order valence-electron chi connectivity index (χ1n) is 14.6. The number of rotatable bonds is 8. The third-order valence-electron chi connectivity index (χ3n) is 7.93. The summed E-state index contributed by atoms with van der Waals surface area (Å²) in [4.78, 5) is 18.2. The number of methoxy groups -OCH3 is 1. The number of benzene rings is 3. The largest absolute Gasteiger partial charge is 0.493 e. The van der Waals surface area contributed by atoms with Crippen molar-refractivity contribution in [3.05, 3.63) is 104 Å². The number of aromatic nitrogens is 3. The highest BCUT2D eigenvalue weighted by Crippen LogP contribution is 2.45. The van der Waals surface area contributed by atoms with Crippen molar-refractivity contribution in [3.8, 4) is 11.5 Å². The Labute approximate surface area is 275 Å². The molecule has 1 atom stereocenters. The van der Waals surface area contributed by atoms with Crippen molar-refractivity contribution in [3.63, 3.8) is 0 Å². The molecule has 0 amide bonds. The number of allylic oxidation sites excluding steroid dienone is 2. The molecule has 0 saturated carbocycles. The van der Waals surface area contributed by atoms with Crippen LogP contribution in [0.2, 0.25) is 5.02 Å². The zero-order valence-electron chi connectivity index (χ0n) is 25.1. The van der Waals surface area contributed by atoms with E-state index in [1.165, 1.54) is 17.3 Å². The second-order valence-electron chi connectivity index (χ2n) is 12.0. The van der Waals surface area contributed by atoms with Gasteiger partial charge in [-0.25, -0.2) is 4.68 Å². The van der Waals surface area contributed by atoms with E-state index in [2.05, 4.69) is 66.3 Å². The highest BCUT2D eigenvalue weighted by atomic mass is 79.9. The molecule has 7 nitrogen and oxygen atoms in total. The first-order chi connectivity index (χ1) is 21.1. The summed E-state index contributed by atoms with van der Waals surface area (Å²) in [5.74, 6) is 2.52. The summed E-state index contributed by atoms with van der Waals surface area (Å²) in [5.41, 5.74) is 5.92. The fraction of sp³-hybridized carbons (Fsp3) is 0.324. The van der Waals surface area contributed by atoms with Crippen LogP contribution in [0.1, 0.15) is 68.3 Å². The molecule has 3 aromatic carbocycles. The Hall–Kier alpha value is -3.27. The summed E-state index contributed by atoms with van der Waals surface area (Å²) in [6.45, 7) is 6.99. The van der Waals surface area contributed by atoms with Gasteiger partial charge in [0.2, 0.25) is 11.1 Å². The fourth-order valence-corrected chi connectivity index (χ4v) is 7.25. The minimum atomic E-state index is -0.458. The first kappa shape index (κ1) is 30.7. The maximum absolute atomic E-state index is 13.4. The number of anilines is 1. The van der Waals surface area contributed by atoms with E-state index in [4.69, 9.17) is 31.2 Å². The number of hydrogen-bond donors (Lipinski definition) is 1. The zero-order chi connectivity index (χ0) is 31.0. The quantitative estimate of drug-likeness (QED) is 0.185. The van der Waals surface area contributed by atoms with Crippen molar-refractivity contribution in [2.45, 2.75) is 69.0 Å². The summed E-state index contributed by atoms with van der Waals surface area (Å²) >= 11 is 11.6. The molecule has 4 aromatic rings. The number of ketones is 1. The van der Waals surface area contributed by atoms with E-state index in [0.29, 0.717) is 46.4 Å². The lowest BCUT2D eigenvalue weighted by Gasteiger charge is -2.32. The molecular formula is C34H34BrClN4O3S. The minimum Gasteiger partial charge on any atom is -0.493 e. The number of carbonyl (C=O) groups is 1. The van der Waals surface area contributed by atoms with E-state index in [1.807, 2.05) is 41.1 Å². The molecule has 1 aromatic heterocycles. The van der Waals surface area contributed by atoms with Crippen molar-refractivity contribution in [1.29, 1.82) is 0 Å². The number of halogens is 2. The lowest BCUT2D eigenvalue weighted by molar-refractivity contribution is -0.116. The predicted octanol–water partition coefficient (Wildman–Crippen LogP) is 8.89. The molecule has 2 heterocycles. The van der Waals surface area contributed by atoms with E-state index < -0.39 is 6.04 Å². The van der Waals surface area contributed by atoms with Crippen LogP contribution in [-0.2, 0) is 22.6 Å². The summed E-state index contributed by atoms with van der Waals surface area (Å²) < 4.78 is 14.7. The Bertz CT molecular complexity index is 1750. The average Bonchev–Trinajstić information content (AvgIpc) is 3.41. The van der Waals surface area contributed by atoms with E-state index >= 15 is 0 Å². The number of thioether (sulfide) groups is 1. The van der Waals surface area contributed by atoms with Crippen LogP contribution in [0.25, 0.3) is 0 Å². The second-order valence-corrected chi connectivity index (χ2v) is 14.2. The molecule has 1 N–H and O–H groups in total. The van der Waals surface area contributed by atoms with Gasteiger partial charge in [0.1, 0.15) is 12.6 Å². The number of carbonyl (C=O) groups excluding carboxylic acids is 1. The van der Waals surface area contributed by atoms with Gasteiger partial charge >= 0.3 is 0 Å². The topological polar surface area (TPSA) is 78.3 Å². The normalized spacial score (nSPS) is 16.3. The van der Waals surface area contributed by atoms with Crippen LogP contribution >= 0.6 is 39.3 Å². The van der Waals surface area contributed by atoms with Crippen LogP contribution in [0.3, 0.4) is 0 Å². The van der Waals surface area contributed by atoms with Gasteiger partial charge in [0.05, 0.1) is 11.6 Å². The van der Waals surface area contributed by atoms with Gasteiger partial charge in [0.25, 0.3) is 0 Å². The van der Waals surface area contributed by atoms with E-state index in [-0.39, 0.29) is 11.2 Å². The summed E-state index contributed by atoms with van der Waals surface area (Å²) in [6, 6.07) is 19.7. The predicted molar refractivity (Wildman–Crippen MR) is 179 cm³/mol. The molecule has 2 aliphatic rings. The van der Waals surface area contributed by atoms with E-state index in [9.17, 15) is 4.79 Å². The molecule has 228 valence electrons. The zero-order valence-corrected chi connectivity index (χ0v) is 28.3. The van der Waals surface area contributed by atoms with Crippen LogP contribution in [-0.4, -0.2) is 27.7 Å². The van der Waals surface area contributed by atoms with Gasteiger partial charge in [-0.3, -0.25) is 4.79 Å². The maximum atomic E-state index is 13.4. The molecule has 6 rings (SSSR count). The van der Waals surface area contributed by atoms with Crippen molar-refractivity contribution in [2.75, 3.05) is 12.4 Å². The molecule has 10 heteroatoms. The highest BCUT2D eigenvalue weighted by Gasteiger charge is 2.37. The number of fused-ring (bicyclic) bond motifs is 1. The lowest BCUT2D eigenvalue weighted by Crippen LogP contribution is -2.31. The van der Waals surface area contributed by atoms with Gasteiger partial charge in [-0.15, -0.1) is 5.10 Å². The van der Waals surface area contributed by atoms with Crippen LogP contribution in [0.15, 0.2) is 81.6 Å². The van der Waals surface area contributed by atoms with Gasteiger partial charge in [-0.05, 0) is 74.6 Å². The lowest BCUT2D eigenvalue weighted by atomic mass is 9.85. The molecule has 1 aliphatic heterocycles. The Balaban J connectivity index is 1.31. The number of ether oxygens (including phenoxy) is 2. The Kier molecular flexibility index (Phi) is 8.81. The van der Waals surface area contributed by atoms with Crippen molar-refractivity contribution in [1.82, 2.24) is 14.8 Å². The molecule has 0 radical (unpaired) electrons. The van der Waals surface area contributed by atoms with Crippen LogP contribution < -0.4 is 14.8 Å². The van der Waals surface area contributed by atoms with Gasteiger partial charge in [-0.1, -0.05) is 86.6 Å². The van der Waals surface area contributed by atoms with Gasteiger partial charge in [0.15, 0.2) is 17.3 Å². The number of nitrogens with one attached hydrogen (secondary N) is 1. The van der Waals surface area contributed by atoms with E-state index in [0.717, 1.165) is 45.3 Å². The second kappa shape index (κ2) is 12.6. The summed E-state index contributed by atoms with van der Waals surface area (Å²) in [7, 11) is 1.62. The molecule has 1 unspecified atom stereocenters. The molecular weight excluding hydrogens is 660 g/mol. The third kappa shape index (κ3) is 6.28. The monoisotopic (exact) mass is 692 g/mol. The average molecular weight is 694 g/mol. The minimum absolute atomic E-state index is 0.0875. The van der Waals surface area contributed by atoms with Crippen molar-refractivity contribution < 1.29 is 14.3 Å². The van der Waals surface area contributed by atoms with Crippen LogP contribution in [0.4, 0.5) is 5.95 Å². The molecule has 0 fully saturated rings. The standard InChI is InChI=1S/C34H34BrClN4O3S/c1-34(2,3)23-14-12-20(13-15-23)18-43-31-24(35)16-22(17-28(31)42-4)30-29-26(10-7-11-27(29)41)37-32-38-33(39-40(30)32)44-19-21-8-5-6-9-25(21)36/h5-6,8-9,12-17,30H,7,10-11,18-19H2,1-4H3,(H,37,38,39). The first-order valence-corrected chi connectivity index (χ1v) is 16.7. The van der Waals surface area contributed by atoms with Crippen molar-refractivity contribution >= 4 is 51.0 Å². The van der Waals surface area contributed by atoms with Gasteiger partial charge < -0.3 is 14.8 Å². The summed E-state index contributed by atoms with van der Waals surface area (Å²) in [6.07, 6.45) is 2.08. The van der Waals surface area contributed by atoms with Crippen molar-refractivity contribution in [2.24, 2.45) is 0 Å². The van der Waals surface area contributed by atoms with Gasteiger partial charge in [0, 0.05) is 28.5 Å². The van der Waals surface area contributed by atoms with Gasteiger partial charge in [-0.2, -0.15) is 4.98 Å². The number of hydrogen-bond acceptors (Lipinski definition) is 7. The maximum Gasteiger partial charge on any atom is 0.227 e. The molecule has 0 bridgehead atoms. The Morgan fingerprint density at radius 3 is 2.61 bits per heavy atom. The summed E-state index contributed by atoms with van der Waals surface area (Å²) in [5, 5.41) is 9.60. The van der Waals surface area contributed by atoms with Crippen LogP contribution in [0.5, 0.6) is 11.5 Å². The smallest absolute Gasteiger partial charge is 0.227 e. The van der Waals surface area contributed by atoms with Crippen LogP contribution in [0, 0.1) is 0 Å². The van der Waals surface area contributed by atoms with E-state index in [1.54, 1.807) is 7.11 Å². The Morgan fingerprint density at radius 1 is 1.11 bits per heavy atom. The molecule has 0 spiro atoms. The number of nitrogens with zero attached hydrogens (tertiary/aromatic N) is 3.